The van der Waals surface area contributed by atoms with Crippen LogP contribution in [0.1, 0.15) is 5.69 Å². The zero-order chi connectivity index (χ0) is 13.4. The quantitative estimate of drug-likeness (QED) is 0.577. The molecule has 4 aromatic rings. The van der Waals surface area contributed by atoms with Gasteiger partial charge in [0, 0.05) is 29.5 Å². The Labute approximate surface area is 120 Å². The fraction of sp³-hybridized carbons (Fsp3) is 0.0667. The van der Waals surface area contributed by atoms with E-state index >= 15 is 0 Å². The molecule has 0 bridgehead atoms. The number of imidazole rings is 2. The van der Waals surface area contributed by atoms with Crippen molar-refractivity contribution in [3.8, 4) is 11.3 Å². The molecule has 20 heavy (non-hydrogen) atoms. The van der Waals surface area contributed by atoms with Crippen LogP contribution < -0.4 is 0 Å². The molecule has 0 radical (unpaired) electrons. The summed E-state index contributed by atoms with van der Waals surface area (Å²) in [6.07, 6.45) is 7.68. The minimum absolute atomic E-state index is 0.766. The summed E-state index contributed by atoms with van der Waals surface area (Å²) in [6, 6.07) is 10.3. The lowest BCUT2D eigenvalue weighted by Crippen LogP contribution is -2.01. The van der Waals surface area contributed by atoms with Crippen LogP contribution in [0, 0.1) is 0 Å². The Balaban J connectivity index is 1.90. The van der Waals surface area contributed by atoms with E-state index in [1.165, 1.54) is 5.69 Å². The monoisotopic (exact) mass is 280 g/mol. The number of nitrogens with zero attached hydrogens (tertiary/aromatic N) is 4. The molecule has 3 aromatic heterocycles. The molecule has 1 aromatic carbocycles. The molecule has 98 valence electrons. The zero-order valence-electron chi connectivity index (χ0n) is 10.7. The van der Waals surface area contributed by atoms with Gasteiger partial charge in [-0.05, 0) is 0 Å². The van der Waals surface area contributed by atoms with E-state index in [0.29, 0.717) is 0 Å². The van der Waals surface area contributed by atoms with Crippen molar-refractivity contribution in [3.05, 3.63) is 66.3 Å². The normalized spacial score (nSPS) is 11.2. The van der Waals surface area contributed by atoms with Gasteiger partial charge in [0.25, 0.3) is 0 Å². The fourth-order valence-corrected chi connectivity index (χ4v) is 3.10. The van der Waals surface area contributed by atoms with Crippen LogP contribution >= 0.6 is 11.3 Å². The zero-order valence-corrected chi connectivity index (χ0v) is 11.5. The second-order valence-corrected chi connectivity index (χ2v) is 5.44. The van der Waals surface area contributed by atoms with E-state index in [2.05, 4.69) is 37.7 Å². The van der Waals surface area contributed by atoms with E-state index < -0.39 is 0 Å². The lowest BCUT2D eigenvalue weighted by atomic mass is 10.1. The van der Waals surface area contributed by atoms with E-state index in [4.69, 9.17) is 4.98 Å². The maximum Gasteiger partial charge on any atom is 0.194 e. The highest BCUT2D eigenvalue weighted by molar-refractivity contribution is 7.15. The lowest BCUT2D eigenvalue weighted by Gasteiger charge is -2.05. The lowest BCUT2D eigenvalue weighted by molar-refractivity contribution is 0.768. The maximum atomic E-state index is 4.77. The first kappa shape index (κ1) is 11.4. The Morgan fingerprint density at radius 3 is 2.80 bits per heavy atom. The third-order valence-electron chi connectivity index (χ3n) is 3.30. The Bertz CT molecular complexity index is 827. The highest BCUT2D eigenvalue weighted by atomic mass is 32.1. The summed E-state index contributed by atoms with van der Waals surface area (Å²) >= 11 is 1.66. The fourth-order valence-electron chi connectivity index (χ4n) is 2.36. The number of thiazole rings is 1. The predicted molar refractivity (Wildman–Crippen MR) is 79.8 cm³/mol. The van der Waals surface area contributed by atoms with Gasteiger partial charge in [-0.15, -0.1) is 11.3 Å². The van der Waals surface area contributed by atoms with Crippen molar-refractivity contribution in [3.63, 3.8) is 0 Å². The van der Waals surface area contributed by atoms with E-state index in [1.54, 1.807) is 17.5 Å². The summed E-state index contributed by atoms with van der Waals surface area (Å²) < 4.78 is 4.22. The van der Waals surface area contributed by atoms with Crippen LogP contribution in [0.25, 0.3) is 16.2 Å². The first-order valence-corrected chi connectivity index (χ1v) is 7.25. The summed E-state index contributed by atoms with van der Waals surface area (Å²) in [5.74, 6) is 0. The average molecular weight is 280 g/mol. The van der Waals surface area contributed by atoms with Crippen LogP contribution in [0.15, 0.2) is 60.6 Å². The molecule has 0 spiro atoms. The number of fused-ring (bicyclic) bond motifs is 1. The first-order valence-electron chi connectivity index (χ1n) is 6.37. The molecule has 0 N–H and O–H groups in total. The van der Waals surface area contributed by atoms with E-state index in [0.717, 1.165) is 22.8 Å². The highest BCUT2D eigenvalue weighted by Crippen LogP contribution is 2.27. The highest BCUT2D eigenvalue weighted by Gasteiger charge is 2.14. The largest absolute Gasteiger partial charge is 0.331 e. The van der Waals surface area contributed by atoms with Crippen molar-refractivity contribution in [2.24, 2.45) is 0 Å². The average Bonchev–Trinajstić information content (AvgIpc) is 3.19. The number of benzene rings is 1. The van der Waals surface area contributed by atoms with Crippen LogP contribution in [0.2, 0.25) is 0 Å². The van der Waals surface area contributed by atoms with Crippen molar-refractivity contribution >= 4 is 16.3 Å². The Kier molecular flexibility index (Phi) is 2.63. The first-order chi connectivity index (χ1) is 9.92. The summed E-state index contributed by atoms with van der Waals surface area (Å²) in [4.78, 5) is 9.91. The van der Waals surface area contributed by atoms with Crippen molar-refractivity contribution in [2.75, 3.05) is 0 Å². The molecule has 4 nitrogen and oxygen atoms in total. The smallest absolute Gasteiger partial charge is 0.194 e. The molecule has 0 aliphatic carbocycles. The molecular formula is C15H12N4S. The molecule has 0 atom stereocenters. The van der Waals surface area contributed by atoms with Crippen molar-refractivity contribution in [2.45, 2.75) is 6.54 Å². The van der Waals surface area contributed by atoms with E-state index in [1.807, 2.05) is 30.7 Å². The molecule has 3 heterocycles. The summed E-state index contributed by atoms with van der Waals surface area (Å²) in [5, 5.41) is 2.06. The number of aromatic nitrogens is 4. The van der Waals surface area contributed by atoms with Gasteiger partial charge in [0.05, 0.1) is 24.3 Å². The van der Waals surface area contributed by atoms with Gasteiger partial charge in [-0.25, -0.2) is 9.97 Å². The second-order valence-electron chi connectivity index (χ2n) is 4.56. The molecule has 0 aliphatic rings. The number of rotatable bonds is 3. The van der Waals surface area contributed by atoms with Gasteiger partial charge in [0.2, 0.25) is 0 Å². The Hall–Kier alpha value is -2.40. The van der Waals surface area contributed by atoms with Gasteiger partial charge in [-0.1, -0.05) is 30.3 Å². The van der Waals surface area contributed by atoms with Gasteiger partial charge in [-0.3, -0.25) is 4.40 Å². The Morgan fingerprint density at radius 2 is 2.00 bits per heavy atom. The second kappa shape index (κ2) is 4.61. The number of hydrogen-bond acceptors (Lipinski definition) is 3. The molecule has 0 amide bonds. The summed E-state index contributed by atoms with van der Waals surface area (Å²) in [7, 11) is 0. The molecule has 0 saturated heterocycles. The van der Waals surface area contributed by atoms with Gasteiger partial charge < -0.3 is 4.57 Å². The van der Waals surface area contributed by atoms with Gasteiger partial charge in [0.15, 0.2) is 4.96 Å². The third kappa shape index (κ3) is 1.83. The van der Waals surface area contributed by atoms with Crippen LogP contribution in [0.3, 0.4) is 0 Å². The van der Waals surface area contributed by atoms with Gasteiger partial charge >= 0.3 is 0 Å². The van der Waals surface area contributed by atoms with Crippen molar-refractivity contribution < 1.29 is 0 Å². The van der Waals surface area contributed by atoms with Crippen molar-refractivity contribution in [1.29, 1.82) is 0 Å². The molecular weight excluding hydrogens is 268 g/mol. The maximum absolute atomic E-state index is 4.77. The van der Waals surface area contributed by atoms with Crippen LogP contribution in [-0.2, 0) is 6.54 Å². The standard InChI is InChI=1S/C15H12N4S/c1-2-4-12(5-3-1)14-13(10-18-7-6-16-11-18)19-8-9-20-15(19)17-14/h1-9,11H,10H2. The SMILES string of the molecule is c1ccc(-c2nc3sccn3c2Cn2ccnc2)cc1. The number of hydrogen-bond donors (Lipinski definition) is 0. The van der Waals surface area contributed by atoms with Gasteiger partial charge in [0.1, 0.15) is 0 Å². The summed E-state index contributed by atoms with van der Waals surface area (Å²) in [6.45, 7) is 0.766. The Morgan fingerprint density at radius 1 is 1.10 bits per heavy atom. The van der Waals surface area contributed by atoms with E-state index in [9.17, 15) is 0 Å². The van der Waals surface area contributed by atoms with Gasteiger partial charge in [-0.2, -0.15) is 0 Å². The molecule has 5 heteroatoms. The molecule has 0 fully saturated rings. The predicted octanol–water partition coefficient (Wildman–Crippen LogP) is 3.31. The van der Waals surface area contributed by atoms with Crippen LogP contribution in [0.5, 0.6) is 0 Å². The molecule has 4 rings (SSSR count). The van der Waals surface area contributed by atoms with Crippen LogP contribution in [-0.4, -0.2) is 18.9 Å². The molecule has 0 saturated carbocycles. The minimum atomic E-state index is 0.766. The summed E-state index contributed by atoms with van der Waals surface area (Å²) in [5.41, 5.74) is 3.38. The molecule has 0 unspecified atom stereocenters. The molecule has 0 aliphatic heterocycles. The third-order valence-corrected chi connectivity index (χ3v) is 4.06. The minimum Gasteiger partial charge on any atom is -0.331 e. The van der Waals surface area contributed by atoms with Crippen LogP contribution in [0.4, 0.5) is 0 Å². The topological polar surface area (TPSA) is 35.1 Å². The van der Waals surface area contributed by atoms with E-state index in [-0.39, 0.29) is 0 Å². The van der Waals surface area contributed by atoms with Crippen molar-refractivity contribution in [1.82, 2.24) is 18.9 Å².